The third kappa shape index (κ3) is 69.8. The Hall–Kier alpha value is -1.94. The maximum atomic E-state index is 13.1. The highest BCUT2D eigenvalue weighted by Gasteiger charge is 2.30. The van der Waals surface area contributed by atoms with Gasteiger partial charge in [-0.1, -0.05) is 351 Å². The van der Waals surface area contributed by atoms with E-state index in [-0.39, 0.29) is 25.7 Å². The molecule has 0 aromatic heterocycles. The quantitative estimate of drug-likeness (QED) is 0.0222. The lowest BCUT2D eigenvalue weighted by Crippen LogP contribution is -2.30. The smallest absolute Gasteiger partial charge is 0.462 e. The van der Waals surface area contributed by atoms with Crippen molar-refractivity contribution in [2.24, 2.45) is 23.7 Å². The first-order chi connectivity index (χ1) is 47.2. The number of hydrogen-bond donors (Lipinski definition) is 3. The van der Waals surface area contributed by atoms with Gasteiger partial charge in [-0.05, 0) is 49.4 Å². The van der Waals surface area contributed by atoms with Gasteiger partial charge in [0.05, 0.1) is 26.4 Å². The van der Waals surface area contributed by atoms with Gasteiger partial charge >= 0.3 is 39.5 Å². The minimum atomic E-state index is -4.96. The Labute approximate surface area is 600 Å². The predicted molar refractivity (Wildman–Crippen MR) is 400 cm³/mol. The number of hydrogen-bond acceptors (Lipinski definition) is 15. The van der Waals surface area contributed by atoms with Crippen LogP contribution in [-0.2, 0) is 65.4 Å². The van der Waals surface area contributed by atoms with E-state index >= 15 is 0 Å². The van der Waals surface area contributed by atoms with Gasteiger partial charge in [0.25, 0.3) is 0 Å². The number of phosphoric ester groups is 2. The summed E-state index contributed by atoms with van der Waals surface area (Å²) >= 11 is 0. The van der Waals surface area contributed by atoms with Crippen LogP contribution in [0, 0.1) is 23.7 Å². The Bertz CT molecular complexity index is 1920. The van der Waals surface area contributed by atoms with Crippen LogP contribution in [-0.4, -0.2) is 96.7 Å². The molecule has 0 saturated carbocycles. The molecule has 0 aliphatic rings. The molecule has 0 spiro atoms. The summed E-state index contributed by atoms with van der Waals surface area (Å²) in [6.45, 7) is 14.2. The van der Waals surface area contributed by atoms with Gasteiger partial charge in [-0.25, -0.2) is 9.13 Å². The highest BCUT2D eigenvalue weighted by atomic mass is 31.2. The predicted octanol–water partition coefficient (Wildman–Crippen LogP) is 23.2. The first-order valence-electron chi connectivity index (χ1n) is 40.8. The molecule has 582 valence electrons. The minimum absolute atomic E-state index is 0.105. The summed E-state index contributed by atoms with van der Waals surface area (Å²) in [6.07, 6.45) is 54.1. The summed E-state index contributed by atoms with van der Waals surface area (Å²) in [6, 6.07) is 0. The molecule has 0 aliphatic heterocycles. The third-order valence-corrected chi connectivity index (χ3v) is 20.9. The summed E-state index contributed by atoms with van der Waals surface area (Å²) in [5.41, 5.74) is 0. The number of ether oxygens (including phenoxy) is 4. The Morgan fingerprint density at radius 2 is 0.490 bits per heavy atom. The van der Waals surface area contributed by atoms with E-state index in [2.05, 4.69) is 55.4 Å². The molecule has 0 aromatic rings. The summed E-state index contributed by atoms with van der Waals surface area (Å²) in [5, 5.41) is 10.6. The van der Waals surface area contributed by atoms with Crippen molar-refractivity contribution < 1.29 is 80.2 Å². The van der Waals surface area contributed by atoms with Crippen LogP contribution in [0.4, 0.5) is 0 Å². The van der Waals surface area contributed by atoms with E-state index in [0.717, 1.165) is 114 Å². The topological polar surface area (TPSA) is 237 Å². The second-order valence-corrected chi connectivity index (χ2v) is 32.8. The SMILES string of the molecule is CCC(C)CCCCCCCCCCCCCCCCC(=O)O[C@H](COC(=O)CCCCCCCCCCCCCCCCC(C)C)COP(=O)(O)OC[C@@H](O)COP(=O)(O)OC[C@@H](COC(=O)CCCCCCCCC(C)C)OC(=O)CCCCCCCCCCCCC(C)CC. The van der Waals surface area contributed by atoms with Crippen molar-refractivity contribution in [2.75, 3.05) is 39.6 Å². The molecule has 98 heavy (non-hydrogen) atoms. The van der Waals surface area contributed by atoms with Crippen LogP contribution in [0.15, 0.2) is 0 Å². The van der Waals surface area contributed by atoms with E-state index < -0.39 is 97.5 Å². The Balaban J connectivity index is 5.24. The zero-order valence-corrected chi connectivity index (χ0v) is 66.2. The van der Waals surface area contributed by atoms with Gasteiger partial charge in [-0.2, -0.15) is 0 Å². The van der Waals surface area contributed by atoms with Gasteiger partial charge in [0.2, 0.25) is 0 Å². The third-order valence-electron chi connectivity index (χ3n) is 19.0. The summed E-state index contributed by atoms with van der Waals surface area (Å²) in [5.74, 6) is 1.01. The van der Waals surface area contributed by atoms with Crippen molar-refractivity contribution in [1.82, 2.24) is 0 Å². The monoisotopic (exact) mass is 1440 g/mol. The van der Waals surface area contributed by atoms with Crippen LogP contribution < -0.4 is 0 Å². The first kappa shape index (κ1) is 96.1. The number of rotatable bonds is 76. The molecule has 4 unspecified atom stereocenters. The molecule has 0 aromatic carbocycles. The van der Waals surface area contributed by atoms with E-state index in [1.165, 1.54) is 199 Å². The van der Waals surface area contributed by atoms with Crippen LogP contribution in [0.3, 0.4) is 0 Å². The van der Waals surface area contributed by atoms with Gasteiger partial charge < -0.3 is 33.8 Å². The number of carbonyl (C=O) groups excluding carboxylic acids is 4. The van der Waals surface area contributed by atoms with E-state index in [0.29, 0.717) is 31.6 Å². The Morgan fingerprint density at radius 3 is 0.724 bits per heavy atom. The minimum Gasteiger partial charge on any atom is -0.462 e. The van der Waals surface area contributed by atoms with Crippen molar-refractivity contribution in [3.63, 3.8) is 0 Å². The normalized spacial score (nSPS) is 14.6. The number of aliphatic hydroxyl groups excluding tert-OH is 1. The number of carbonyl (C=O) groups is 4. The maximum absolute atomic E-state index is 13.1. The Morgan fingerprint density at radius 1 is 0.286 bits per heavy atom. The fourth-order valence-corrected chi connectivity index (χ4v) is 13.6. The summed E-state index contributed by atoms with van der Waals surface area (Å²) < 4.78 is 68.6. The highest BCUT2D eigenvalue weighted by Crippen LogP contribution is 2.45. The van der Waals surface area contributed by atoms with E-state index in [1.807, 2.05) is 0 Å². The number of esters is 4. The molecule has 19 heteroatoms. The van der Waals surface area contributed by atoms with Crippen LogP contribution in [0.1, 0.15) is 402 Å². The van der Waals surface area contributed by atoms with Crippen LogP contribution >= 0.6 is 15.6 Å². The molecule has 0 fully saturated rings. The van der Waals surface area contributed by atoms with Gasteiger partial charge in [-0.3, -0.25) is 37.3 Å². The number of aliphatic hydroxyl groups is 1. The fourth-order valence-electron chi connectivity index (χ4n) is 12.0. The van der Waals surface area contributed by atoms with Crippen LogP contribution in [0.2, 0.25) is 0 Å². The first-order valence-corrected chi connectivity index (χ1v) is 43.8. The van der Waals surface area contributed by atoms with Gasteiger partial charge in [0.15, 0.2) is 12.2 Å². The van der Waals surface area contributed by atoms with Crippen LogP contribution in [0.5, 0.6) is 0 Å². The molecule has 0 aliphatic carbocycles. The maximum Gasteiger partial charge on any atom is 0.472 e. The molecule has 7 atom stereocenters. The molecule has 0 heterocycles. The molecule has 0 bridgehead atoms. The van der Waals surface area contributed by atoms with Gasteiger partial charge in [0, 0.05) is 25.7 Å². The van der Waals surface area contributed by atoms with Gasteiger partial charge in [-0.15, -0.1) is 0 Å². The fraction of sp³-hybridized carbons (Fsp3) is 0.949. The molecule has 0 rings (SSSR count). The van der Waals surface area contributed by atoms with Crippen molar-refractivity contribution in [3.05, 3.63) is 0 Å². The van der Waals surface area contributed by atoms with E-state index in [9.17, 15) is 43.2 Å². The van der Waals surface area contributed by atoms with Crippen LogP contribution in [0.25, 0.3) is 0 Å². The molecular weight excluding hydrogens is 1280 g/mol. The Kier molecular flexibility index (Phi) is 66.8. The lowest BCUT2D eigenvalue weighted by molar-refractivity contribution is -0.161. The van der Waals surface area contributed by atoms with Crippen molar-refractivity contribution in [2.45, 2.75) is 420 Å². The molecular formula is C79H154O17P2. The number of unbranched alkanes of at least 4 members (excludes halogenated alkanes) is 40. The largest absolute Gasteiger partial charge is 0.472 e. The molecule has 17 nitrogen and oxygen atoms in total. The molecule has 0 amide bonds. The molecule has 3 N–H and O–H groups in total. The zero-order valence-electron chi connectivity index (χ0n) is 64.4. The van der Waals surface area contributed by atoms with Crippen molar-refractivity contribution >= 4 is 39.5 Å². The highest BCUT2D eigenvalue weighted by molar-refractivity contribution is 7.47. The summed E-state index contributed by atoms with van der Waals surface area (Å²) in [7, 11) is -9.92. The average molecular weight is 1440 g/mol. The lowest BCUT2D eigenvalue weighted by Gasteiger charge is -2.21. The number of phosphoric acid groups is 2. The standard InChI is InChI=1S/C79H154O17P2/c1-9-71(7)57-49-41-32-26-20-16-12-14-18-22-29-35-45-53-61-78(83)95-74(65-89-76(81)59-51-43-34-28-21-17-13-11-15-19-25-31-39-47-55-69(3)4)67-93-97(85,86)91-63-73(80)64-92-98(87,88)94-68-75(66-90-77(82)60-52-44-38-37-40-48-56-70(5)6)96-79(84)62-54-46-36-30-24-23-27-33-42-50-58-72(8)10-2/h69-75,80H,9-68H2,1-8H3,(H,85,86)(H,87,88)/t71?,72?,73-,74-,75-/m1/s1. The lowest BCUT2D eigenvalue weighted by atomic mass is 9.99. The summed E-state index contributed by atoms with van der Waals surface area (Å²) in [4.78, 5) is 72.9. The van der Waals surface area contributed by atoms with E-state index in [1.54, 1.807) is 0 Å². The van der Waals surface area contributed by atoms with E-state index in [4.69, 9.17) is 37.0 Å². The van der Waals surface area contributed by atoms with Gasteiger partial charge in [0.1, 0.15) is 19.3 Å². The van der Waals surface area contributed by atoms with Crippen molar-refractivity contribution in [3.8, 4) is 0 Å². The molecule has 0 radical (unpaired) electrons. The second-order valence-electron chi connectivity index (χ2n) is 29.9. The second kappa shape index (κ2) is 68.2. The molecule has 0 saturated heterocycles. The van der Waals surface area contributed by atoms with Crippen molar-refractivity contribution in [1.29, 1.82) is 0 Å². The zero-order chi connectivity index (χ0) is 72.4. The average Bonchev–Trinajstić information content (AvgIpc) is 0.958.